The zero-order chi connectivity index (χ0) is 12.4. The van der Waals surface area contributed by atoms with Crippen molar-refractivity contribution in [2.75, 3.05) is 11.1 Å². The number of nitrogens with zero attached hydrogens (tertiary/aromatic N) is 1. The summed E-state index contributed by atoms with van der Waals surface area (Å²) in [6, 6.07) is 5.73. The molecule has 0 saturated carbocycles. The van der Waals surface area contributed by atoms with Gasteiger partial charge in [0.25, 0.3) is 0 Å². The SMILES string of the molecule is Nc1cc(Br)cnc1Nc1cc(F)ccc1Cl. The Morgan fingerprint density at radius 2 is 2.12 bits per heavy atom. The first-order chi connectivity index (χ1) is 8.06. The van der Waals surface area contributed by atoms with Crippen LogP contribution >= 0.6 is 27.5 Å². The van der Waals surface area contributed by atoms with Crippen LogP contribution in [0.2, 0.25) is 5.02 Å². The highest BCUT2D eigenvalue weighted by Crippen LogP contribution is 2.28. The molecule has 0 bridgehead atoms. The van der Waals surface area contributed by atoms with E-state index in [1.54, 1.807) is 12.3 Å². The summed E-state index contributed by atoms with van der Waals surface area (Å²) < 4.78 is 13.8. The molecule has 17 heavy (non-hydrogen) atoms. The van der Waals surface area contributed by atoms with Crippen molar-refractivity contribution < 1.29 is 4.39 Å². The topological polar surface area (TPSA) is 50.9 Å². The van der Waals surface area contributed by atoms with Gasteiger partial charge >= 0.3 is 0 Å². The van der Waals surface area contributed by atoms with E-state index < -0.39 is 0 Å². The highest BCUT2D eigenvalue weighted by atomic mass is 79.9. The smallest absolute Gasteiger partial charge is 0.153 e. The molecule has 0 unspecified atom stereocenters. The number of nitrogen functional groups attached to an aromatic ring is 1. The highest BCUT2D eigenvalue weighted by Gasteiger charge is 2.06. The number of rotatable bonds is 2. The summed E-state index contributed by atoms with van der Waals surface area (Å²) in [5.74, 6) is 0.0493. The van der Waals surface area contributed by atoms with Crippen molar-refractivity contribution in [3.05, 3.63) is 45.8 Å². The molecule has 2 aromatic rings. The predicted octanol–water partition coefficient (Wildman–Crippen LogP) is 3.96. The number of halogens is 3. The molecule has 0 fully saturated rings. The van der Waals surface area contributed by atoms with Gasteiger partial charge < -0.3 is 11.1 Å². The van der Waals surface area contributed by atoms with E-state index in [1.165, 1.54) is 18.2 Å². The van der Waals surface area contributed by atoms with Crippen LogP contribution in [-0.2, 0) is 0 Å². The number of pyridine rings is 1. The lowest BCUT2D eigenvalue weighted by Crippen LogP contribution is -1.99. The summed E-state index contributed by atoms with van der Waals surface area (Å²) in [5, 5.41) is 3.28. The second-order valence-electron chi connectivity index (χ2n) is 3.34. The van der Waals surface area contributed by atoms with E-state index in [2.05, 4.69) is 26.2 Å². The number of hydrogen-bond acceptors (Lipinski definition) is 3. The third-order valence-corrected chi connectivity index (χ3v) is 2.83. The minimum Gasteiger partial charge on any atom is -0.396 e. The normalized spacial score (nSPS) is 10.3. The molecule has 0 amide bonds. The molecule has 0 aliphatic carbocycles. The first-order valence-corrected chi connectivity index (χ1v) is 5.86. The fourth-order valence-corrected chi connectivity index (χ4v) is 1.79. The maximum absolute atomic E-state index is 13.1. The molecular weight excluding hydrogens is 308 g/mol. The van der Waals surface area contributed by atoms with Crippen LogP contribution < -0.4 is 11.1 Å². The molecule has 0 spiro atoms. The van der Waals surface area contributed by atoms with Gasteiger partial charge in [-0.05, 0) is 40.2 Å². The second-order valence-corrected chi connectivity index (χ2v) is 4.66. The average Bonchev–Trinajstić information content (AvgIpc) is 2.27. The molecule has 0 aliphatic rings. The van der Waals surface area contributed by atoms with Crippen LogP contribution in [0.25, 0.3) is 0 Å². The average molecular weight is 317 g/mol. The fraction of sp³-hybridized carbons (Fsp3) is 0. The Bertz CT molecular complexity index is 562. The van der Waals surface area contributed by atoms with Crippen LogP contribution in [0, 0.1) is 5.82 Å². The number of aromatic nitrogens is 1. The Kier molecular flexibility index (Phi) is 3.49. The minimum atomic E-state index is -0.382. The van der Waals surface area contributed by atoms with E-state index in [1.807, 2.05) is 0 Å². The van der Waals surface area contributed by atoms with Crippen LogP contribution in [-0.4, -0.2) is 4.98 Å². The summed E-state index contributed by atoms with van der Waals surface area (Å²) in [5.41, 5.74) is 6.63. The van der Waals surface area contributed by atoms with Gasteiger partial charge in [-0.25, -0.2) is 9.37 Å². The summed E-state index contributed by atoms with van der Waals surface area (Å²) in [6.45, 7) is 0. The number of hydrogen-bond donors (Lipinski definition) is 2. The Balaban J connectivity index is 2.34. The van der Waals surface area contributed by atoms with Crippen molar-refractivity contribution in [1.29, 1.82) is 0 Å². The van der Waals surface area contributed by atoms with Gasteiger partial charge in [0.1, 0.15) is 5.82 Å². The first-order valence-electron chi connectivity index (χ1n) is 4.69. The summed E-state index contributed by atoms with van der Waals surface area (Å²) in [4.78, 5) is 4.08. The van der Waals surface area contributed by atoms with Crippen molar-refractivity contribution in [1.82, 2.24) is 4.98 Å². The molecule has 0 aliphatic heterocycles. The van der Waals surface area contributed by atoms with E-state index >= 15 is 0 Å². The summed E-state index contributed by atoms with van der Waals surface area (Å²) in [7, 11) is 0. The van der Waals surface area contributed by atoms with Crippen molar-refractivity contribution in [3.63, 3.8) is 0 Å². The lowest BCUT2D eigenvalue weighted by molar-refractivity contribution is 0.628. The lowest BCUT2D eigenvalue weighted by Gasteiger charge is -2.09. The fourth-order valence-electron chi connectivity index (χ4n) is 1.28. The van der Waals surface area contributed by atoms with Crippen molar-refractivity contribution in [2.24, 2.45) is 0 Å². The molecule has 2 rings (SSSR count). The van der Waals surface area contributed by atoms with Gasteiger partial charge in [-0.2, -0.15) is 0 Å². The Morgan fingerprint density at radius 1 is 1.35 bits per heavy atom. The highest BCUT2D eigenvalue weighted by molar-refractivity contribution is 9.10. The zero-order valence-electron chi connectivity index (χ0n) is 8.55. The predicted molar refractivity (Wildman–Crippen MR) is 71.0 cm³/mol. The third kappa shape index (κ3) is 2.87. The van der Waals surface area contributed by atoms with Crippen LogP contribution in [0.5, 0.6) is 0 Å². The largest absolute Gasteiger partial charge is 0.396 e. The molecule has 0 saturated heterocycles. The quantitative estimate of drug-likeness (QED) is 0.881. The first kappa shape index (κ1) is 12.1. The molecule has 6 heteroatoms. The Hall–Kier alpha value is -1.33. The van der Waals surface area contributed by atoms with Crippen LogP contribution in [0.1, 0.15) is 0 Å². The third-order valence-electron chi connectivity index (χ3n) is 2.07. The summed E-state index contributed by atoms with van der Waals surface area (Å²) in [6.07, 6.45) is 1.59. The van der Waals surface area contributed by atoms with Gasteiger partial charge in [0.2, 0.25) is 0 Å². The van der Waals surface area contributed by atoms with E-state index in [9.17, 15) is 4.39 Å². The lowest BCUT2D eigenvalue weighted by atomic mass is 10.3. The standard InChI is InChI=1S/C11H8BrClFN3/c12-6-3-9(15)11(16-5-6)17-10-4-7(14)1-2-8(10)13/h1-5H,15H2,(H,16,17). The van der Waals surface area contributed by atoms with E-state index in [-0.39, 0.29) is 5.82 Å². The zero-order valence-corrected chi connectivity index (χ0v) is 10.9. The number of nitrogens with two attached hydrogens (primary N) is 1. The Labute approximate surface area is 111 Å². The molecular formula is C11H8BrClFN3. The summed E-state index contributed by atoms with van der Waals surface area (Å²) >= 11 is 9.17. The number of anilines is 3. The van der Waals surface area contributed by atoms with Crippen molar-refractivity contribution in [3.8, 4) is 0 Å². The molecule has 0 atom stereocenters. The second kappa shape index (κ2) is 4.89. The molecule has 88 valence electrons. The van der Waals surface area contributed by atoms with E-state index in [4.69, 9.17) is 17.3 Å². The van der Waals surface area contributed by atoms with Crippen molar-refractivity contribution >= 4 is 44.7 Å². The molecule has 1 aromatic heterocycles. The van der Waals surface area contributed by atoms with E-state index in [0.717, 1.165) is 4.47 Å². The maximum atomic E-state index is 13.1. The monoisotopic (exact) mass is 315 g/mol. The van der Waals surface area contributed by atoms with Crippen LogP contribution in [0.4, 0.5) is 21.6 Å². The van der Waals surface area contributed by atoms with Crippen molar-refractivity contribution in [2.45, 2.75) is 0 Å². The van der Waals surface area contributed by atoms with Gasteiger partial charge in [0.05, 0.1) is 16.4 Å². The molecule has 1 heterocycles. The minimum absolute atomic E-state index is 0.382. The maximum Gasteiger partial charge on any atom is 0.153 e. The van der Waals surface area contributed by atoms with Gasteiger partial charge in [0.15, 0.2) is 5.82 Å². The van der Waals surface area contributed by atoms with Crippen LogP contribution in [0.3, 0.4) is 0 Å². The van der Waals surface area contributed by atoms with Crippen LogP contribution in [0.15, 0.2) is 34.9 Å². The van der Waals surface area contributed by atoms with Gasteiger partial charge in [-0.3, -0.25) is 0 Å². The Morgan fingerprint density at radius 3 is 2.82 bits per heavy atom. The van der Waals surface area contributed by atoms with Gasteiger partial charge in [0, 0.05) is 10.7 Å². The molecule has 3 nitrogen and oxygen atoms in total. The number of nitrogens with one attached hydrogen (secondary N) is 1. The van der Waals surface area contributed by atoms with Gasteiger partial charge in [-0.15, -0.1) is 0 Å². The molecule has 3 N–H and O–H groups in total. The van der Waals surface area contributed by atoms with E-state index in [0.29, 0.717) is 22.2 Å². The number of benzene rings is 1. The molecule has 1 aromatic carbocycles. The van der Waals surface area contributed by atoms with Gasteiger partial charge in [-0.1, -0.05) is 11.6 Å². The molecule has 0 radical (unpaired) electrons.